The first kappa shape index (κ1) is 16.0. The van der Waals surface area contributed by atoms with Crippen molar-refractivity contribution in [1.29, 1.82) is 0 Å². The minimum Gasteiger partial charge on any atom is -0.497 e. The van der Waals surface area contributed by atoms with Gasteiger partial charge in [-0.25, -0.2) is 9.79 Å². The molecule has 1 heterocycles. The molecule has 3 rings (SSSR count). The maximum atomic E-state index is 11.9. The van der Waals surface area contributed by atoms with E-state index in [1.165, 1.54) is 11.1 Å². The first-order chi connectivity index (χ1) is 11.6. The number of hydrogen-bond donors (Lipinski definition) is 0. The van der Waals surface area contributed by atoms with Crippen LogP contribution in [0.1, 0.15) is 23.1 Å². The van der Waals surface area contributed by atoms with Crippen molar-refractivity contribution in [3.8, 4) is 5.75 Å². The van der Waals surface area contributed by atoms with Gasteiger partial charge in [-0.15, -0.1) is 0 Å². The Morgan fingerprint density at radius 1 is 1.12 bits per heavy atom. The molecule has 122 valence electrons. The summed E-state index contributed by atoms with van der Waals surface area (Å²) >= 11 is 0. The lowest BCUT2D eigenvalue weighted by Gasteiger charge is -2.01. The molecule has 0 atom stereocenters. The number of cyclic esters (lactones) is 1. The van der Waals surface area contributed by atoms with Crippen LogP contribution >= 0.6 is 0 Å². The van der Waals surface area contributed by atoms with E-state index in [2.05, 4.69) is 30.1 Å². The molecule has 0 fully saturated rings. The molecule has 24 heavy (non-hydrogen) atoms. The molecule has 0 N–H and O–H groups in total. The maximum Gasteiger partial charge on any atom is 0.363 e. The standard InChI is InChI=1S/C20H19NO3/c1-14-4-3-5-15(12-14)8-11-19-21-18(20(22)24-19)13-16-6-9-17(23-2)10-7-16/h3-7,9-10,12-13H,8,11H2,1-2H3/b18-13+. The summed E-state index contributed by atoms with van der Waals surface area (Å²) in [6, 6.07) is 15.7. The number of ether oxygens (including phenoxy) is 2. The minimum atomic E-state index is -0.398. The van der Waals surface area contributed by atoms with Crippen LogP contribution in [0.15, 0.2) is 59.2 Å². The Kier molecular flexibility index (Phi) is 4.75. The Balaban J connectivity index is 1.69. The Morgan fingerprint density at radius 2 is 1.92 bits per heavy atom. The number of carbonyl (C=O) groups excluding carboxylic acids is 1. The lowest BCUT2D eigenvalue weighted by molar-refractivity contribution is -0.130. The van der Waals surface area contributed by atoms with E-state index in [0.29, 0.717) is 18.0 Å². The summed E-state index contributed by atoms with van der Waals surface area (Å²) in [5, 5.41) is 0. The Labute approximate surface area is 141 Å². The highest BCUT2D eigenvalue weighted by Crippen LogP contribution is 2.19. The number of nitrogens with zero attached hydrogens (tertiary/aromatic N) is 1. The van der Waals surface area contributed by atoms with Gasteiger partial charge < -0.3 is 9.47 Å². The molecule has 4 heteroatoms. The third-order valence-electron chi connectivity index (χ3n) is 3.79. The number of aliphatic imine (C=N–C) groups is 1. The summed E-state index contributed by atoms with van der Waals surface area (Å²) in [4.78, 5) is 16.3. The molecule has 2 aromatic carbocycles. The lowest BCUT2D eigenvalue weighted by Crippen LogP contribution is -2.05. The van der Waals surface area contributed by atoms with Gasteiger partial charge in [0.2, 0.25) is 0 Å². The fraction of sp³-hybridized carbons (Fsp3) is 0.200. The first-order valence-corrected chi connectivity index (χ1v) is 7.85. The zero-order valence-corrected chi connectivity index (χ0v) is 13.8. The van der Waals surface area contributed by atoms with Gasteiger partial charge in [-0.3, -0.25) is 0 Å². The predicted molar refractivity (Wildman–Crippen MR) is 94.0 cm³/mol. The molecule has 0 amide bonds. The second-order valence-electron chi connectivity index (χ2n) is 5.69. The van der Waals surface area contributed by atoms with Crippen LogP contribution in [0, 0.1) is 6.92 Å². The third-order valence-corrected chi connectivity index (χ3v) is 3.79. The topological polar surface area (TPSA) is 47.9 Å². The highest BCUT2D eigenvalue weighted by molar-refractivity contribution is 6.07. The summed E-state index contributed by atoms with van der Waals surface area (Å²) in [6.07, 6.45) is 3.13. The number of benzene rings is 2. The van der Waals surface area contributed by atoms with Gasteiger partial charge in [-0.05, 0) is 42.7 Å². The van der Waals surface area contributed by atoms with Gasteiger partial charge >= 0.3 is 5.97 Å². The second kappa shape index (κ2) is 7.13. The molecular formula is C20H19NO3. The van der Waals surface area contributed by atoms with Gasteiger partial charge in [0, 0.05) is 6.42 Å². The SMILES string of the molecule is COc1ccc(/C=C2/N=C(CCc3cccc(C)c3)OC2=O)cc1. The highest BCUT2D eigenvalue weighted by atomic mass is 16.6. The largest absolute Gasteiger partial charge is 0.497 e. The number of esters is 1. The van der Waals surface area contributed by atoms with Gasteiger partial charge in [0.05, 0.1) is 7.11 Å². The summed E-state index contributed by atoms with van der Waals surface area (Å²) < 4.78 is 10.4. The first-order valence-electron chi connectivity index (χ1n) is 7.85. The Morgan fingerprint density at radius 3 is 2.62 bits per heavy atom. The van der Waals surface area contributed by atoms with E-state index in [9.17, 15) is 4.79 Å². The van der Waals surface area contributed by atoms with Crippen molar-refractivity contribution in [3.63, 3.8) is 0 Å². The van der Waals surface area contributed by atoms with E-state index >= 15 is 0 Å². The van der Waals surface area contributed by atoms with Crippen LogP contribution in [0.3, 0.4) is 0 Å². The quantitative estimate of drug-likeness (QED) is 0.619. The van der Waals surface area contributed by atoms with Gasteiger partial charge in [0.15, 0.2) is 11.6 Å². The molecule has 0 saturated heterocycles. The molecule has 0 unspecified atom stereocenters. The summed E-state index contributed by atoms with van der Waals surface area (Å²) in [5.74, 6) is 0.847. The lowest BCUT2D eigenvalue weighted by atomic mass is 10.1. The van der Waals surface area contributed by atoms with E-state index in [0.717, 1.165) is 17.7 Å². The van der Waals surface area contributed by atoms with Crippen LogP contribution in [-0.2, 0) is 16.0 Å². The van der Waals surface area contributed by atoms with Gasteiger partial charge in [0.1, 0.15) is 5.75 Å². The van der Waals surface area contributed by atoms with Crippen molar-refractivity contribution >= 4 is 17.9 Å². The normalized spacial score (nSPS) is 15.3. The number of rotatable bonds is 5. The summed E-state index contributed by atoms with van der Waals surface area (Å²) in [5.41, 5.74) is 3.64. The Hall–Kier alpha value is -2.88. The van der Waals surface area contributed by atoms with Crippen LogP contribution in [-0.4, -0.2) is 19.0 Å². The summed E-state index contributed by atoms with van der Waals surface area (Å²) in [7, 11) is 1.62. The zero-order chi connectivity index (χ0) is 16.9. The molecule has 0 spiro atoms. The van der Waals surface area contributed by atoms with E-state index < -0.39 is 5.97 Å². The van der Waals surface area contributed by atoms with Crippen LogP contribution in [0.4, 0.5) is 0 Å². The smallest absolute Gasteiger partial charge is 0.363 e. The van der Waals surface area contributed by atoms with Crippen molar-refractivity contribution < 1.29 is 14.3 Å². The number of carbonyl (C=O) groups is 1. The molecular weight excluding hydrogens is 302 g/mol. The van der Waals surface area contributed by atoms with Crippen LogP contribution in [0.2, 0.25) is 0 Å². The molecule has 4 nitrogen and oxygen atoms in total. The van der Waals surface area contributed by atoms with Crippen molar-refractivity contribution in [1.82, 2.24) is 0 Å². The molecule has 1 aliphatic rings. The van der Waals surface area contributed by atoms with E-state index in [1.807, 2.05) is 30.3 Å². The fourth-order valence-electron chi connectivity index (χ4n) is 2.54. The molecule has 0 radical (unpaired) electrons. The molecule has 0 aliphatic carbocycles. The molecule has 0 aromatic heterocycles. The molecule has 2 aromatic rings. The number of methoxy groups -OCH3 is 1. The zero-order valence-electron chi connectivity index (χ0n) is 13.8. The van der Waals surface area contributed by atoms with Gasteiger partial charge in [-0.2, -0.15) is 0 Å². The van der Waals surface area contributed by atoms with Crippen molar-refractivity contribution in [3.05, 3.63) is 70.9 Å². The number of hydrogen-bond acceptors (Lipinski definition) is 4. The monoisotopic (exact) mass is 321 g/mol. The van der Waals surface area contributed by atoms with Crippen molar-refractivity contribution in [2.24, 2.45) is 4.99 Å². The van der Waals surface area contributed by atoms with E-state index in [1.54, 1.807) is 13.2 Å². The van der Waals surface area contributed by atoms with Crippen molar-refractivity contribution in [2.75, 3.05) is 7.11 Å². The molecule has 0 saturated carbocycles. The van der Waals surface area contributed by atoms with Crippen molar-refractivity contribution in [2.45, 2.75) is 19.8 Å². The maximum absolute atomic E-state index is 11.9. The van der Waals surface area contributed by atoms with E-state index in [-0.39, 0.29) is 0 Å². The molecule has 1 aliphatic heterocycles. The fourth-order valence-corrected chi connectivity index (χ4v) is 2.54. The average molecular weight is 321 g/mol. The second-order valence-corrected chi connectivity index (χ2v) is 5.69. The highest BCUT2D eigenvalue weighted by Gasteiger charge is 2.22. The van der Waals surface area contributed by atoms with E-state index in [4.69, 9.17) is 9.47 Å². The van der Waals surface area contributed by atoms with Crippen LogP contribution in [0.5, 0.6) is 5.75 Å². The van der Waals surface area contributed by atoms with Crippen LogP contribution < -0.4 is 4.74 Å². The van der Waals surface area contributed by atoms with Gasteiger partial charge in [-0.1, -0.05) is 42.0 Å². The minimum absolute atomic E-state index is 0.333. The summed E-state index contributed by atoms with van der Waals surface area (Å²) in [6.45, 7) is 2.06. The average Bonchev–Trinajstić information content (AvgIpc) is 2.94. The predicted octanol–water partition coefficient (Wildman–Crippen LogP) is 3.93. The number of aryl methyl sites for hydroxylation is 2. The third kappa shape index (κ3) is 3.90. The molecule has 0 bridgehead atoms. The van der Waals surface area contributed by atoms with Crippen LogP contribution in [0.25, 0.3) is 6.08 Å². The van der Waals surface area contributed by atoms with Gasteiger partial charge in [0.25, 0.3) is 0 Å². The Bertz CT molecular complexity index is 804.